The van der Waals surface area contributed by atoms with E-state index in [0.717, 1.165) is 0 Å². The Kier molecular flexibility index (Phi) is 4.55. The Hall–Kier alpha value is -4.02. The van der Waals surface area contributed by atoms with Crippen LogP contribution in [0.25, 0.3) is 16.9 Å². The molecule has 0 aliphatic heterocycles. The number of fused-ring (bicyclic) bond motifs is 1. The first-order valence-electron chi connectivity index (χ1n) is 8.18. The first kappa shape index (κ1) is 18.3. The summed E-state index contributed by atoms with van der Waals surface area (Å²) in [5.41, 5.74) is 0.803. The van der Waals surface area contributed by atoms with Crippen LogP contribution < -0.4 is 10.1 Å². The second-order valence-electron chi connectivity index (χ2n) is 5.72. The van der Waals surface area contributed by atoms with E-state index < -0.39 is 18.0 Å². The molecule has 8 nitrogen and oxygen atoms in total. The number of alkyl halides is 3. The molecular weight excluding hydrogens is 389 g/mol. The van der Waals surface area contributed by atoms with Gasteiger partial charge in [-0.05, 0) is 24.3 Å². The number of halogens is 3. The summed E-state index contributed by atoms with van der Waals surface area (Å²) in [5, 5.41) is 6.90. The van der Waals surface area contributed by atoms with Crippen LogP contribution in [0.1, 0.15) is 10.5 Å². The van der Waals surface area contributed by atoms with Gasteiger partial charge in [-0.15, -0.1) is 13.2 Å². The van der Waals surface area contributed by atoms with Crippen LogP contribution in [-0.4, -0.2) is 36.8 Å². The highest BCUT2D eigenvalue weighted by atomic mass is 19.4. The number of amides is 1. The molecule has 0 aliphatic rings. The molecule has 0 saturated carbocycles. The number of nitrogens with zero attached hydrogens (tertiary/aromatic N) is 5. The zero-order valence-electron chi connectivity index (χ0n) is 14.5. The first-order valence-corrected chi connectivity index (χ1v) is 8.18. The number of carbonyl (C=O) groups excluding carboxylic acids is 1. The Morgan fingerprint density at radius 2 is 1.86 bits per heavy atom. The summed E-state index contributed by atoms with van der Waals surface area (Å²) in [7, 11) is 0. The molecule has 0 bridgehead atoms. The molecule has 29 heavy (non-hydrogen) atoms. The molecule has 4 aromatic rings. The molecule has 0 unspecified atom stereocenters. The third kappa shape index (κ3) is 3.98. The number of para-hydroxylation sites is 1. The van der Waals surface area contributed by atoms with Crippen LogP contribution in [0.4, 0.5) is 19.0 Å². The monoisotopic (exact) mass is 400 g/mol. The van der Waals surface area contributed by atoms with Crippen molar-refractivity contribution in [3.8, 4) is 17.0 Å². The number of ether oxygens (including phenoxy) is 1. The Morgan fingerprint density at radius 1 is 1.03 bits per heavy atom. The minimum Gasteiger partial charge on any atom is -0.405 e. The second-order valence-corrected chi connectivity index (χ2v) is 5.72. The Bertz CT molecular complexity index is 1180. The minimum absolute atomic E-state index is 0.0857. The third-order valence-electron chi connectivity index (χ3n) is 3.79. The molecule has 0 atom stereocenters. The lowest BCUT2D eigenvalue weighted by Crippen LogP contribution is -2.18. The Morgan fingerprint density at radius 3 is 2.62 bits per heavy atom. The molecule has 0 aliphatic carbocycles. The van der Waals surface area contributed by atoms with Crippen LogP contribution in [0, 0.1) is 0 Å². The van der Waals surface area contributed by atoms with Crippen molar-refractivity contribution in [3.05, 3.63) is 66.9 Å². The number of nitrogens with one attached hydrogen (secondary N) is 1. The maximum absolute atomic E-state index is 12.7. The number of rotatable bonds is 4. The highest BCUT2D eigenvalue weighted by molar-refractivity contribution is 6.02. The summed E-state index contributed by atoms with van der Waals surface area (Å²) in [4.78, 5) is 24.1. The number of imidazole rings is 1. The van der Waals surface area contributed by atoms with Gasteiger partial charge in [0.05, 0.1) is 18.1 Å². The van der Waals surface area contributed by atoms with E-state index in [1.807, 2.05) is 0 Å². The van der Waals surface area contributed by atoms with Gasteiger partial charge in [0.1, 0.15) is 11.4 Å². The molecule has 1 amide bonds. The van der Waals surface area contributed by atoms with Crippen molar-refractivity contribution in [3.63, 3.8) is 0 Å². The molecule has 3 heterocycles. The first-order chi connectivity index (χ1) is 13.9. The second kappa shape index (κ2) is 7.19. The van der Waals surface area contributed by atoms with E-state index in [-0.39, 0.29) is 22.8 Å². The van der Waals surface area contributed by atoms with Crippen LogP contribution in [0.15, 0.2) is 61.2 Å². The minimum atomic E-state index is -4.84. The van der Waals surface area contributed by atoms with E-state index in [2.05, 4.69) is 30.1 Å². The summed E-state index contributed by atoms with van der Waals surface area (Å²) >= 11 is 0. The van der Waals surface area contributed by atoms with Crippen molar-refractivity contribution in [2.24, 2.45) is 0 Å². The number of anilines is 1. The lowest BCUT2D eigenvalue weighted by Gasteiger charge is -2.13. The van der Waals surface area contributed by atoms with Crippen molar-refractivity contribution in [1.29, 1.82) is 0 Å². The maximum Gasteiger partial charge on any atom is 0.573 e. The summed E-state index contributed by atoms with van der Waals surface area (Å²) in [6.45, 7) is 0. The molecule has 1 N–H and O–H groups in total. The van der Waals surface area contributed by atoms with Gasteiger partial charge in [0, 0.05) is 18.0 Å². The topological polar surface area (TPSA) is 94.3 Å². The number of hydrogen-bond acceptors (Lipinski definition) is 6. The van der Waals surface area contributed by atoms with E-state index in [4.69, 9.17) is 0 Å². The molecule has 4 rings (SSSR count). The quantitative estimate of drug-likeness (QED) is 0.565. The molecule has 11 heteroatoms. The van der Waals surface area contributed by atoms with Crippen molar-refractivity contribution >= 4 is 17.4 Å². The fraction of sp³-hybridized carbons (Fsp3) is 0.0556. The molecule has 0 saturated heterocycles. The fourth-order valence-corrected chi connectivity index (χ4v) is 2.59. The van der Waals surface area contributed by atoms with E-state index in [9.17, 15) is 18.0 Å². The Labute approximate surface area is 161 Å². The molecule has 0 spiro atoms. The molecule has 146 valence electrons. The largest absolute Gasteiger partial charge is 0.573 e. The fourth-order valence-electron chi connectivity index (χ4n) is 2.59. The molecule has 1 aromatic carbocycles. The van der Waals surface area contributed by atoms with Crippen LogP contribution in [0.2, 0.25) is 0 Å². The van der Waals surface area contributed by atoms with Crippen molar-refractivity contribution < 1.29 is 22.7 Å². The summed E-state index contributed by atoms with van der Waals surface area (Å²) in [6.07, 6.45) is 0.627. The van der Waals surface area contributed by atoms with Crippen molar-refractivity contribution in [2.75, 3.05) is 5.32 Å². The van der Waals surface area contributed by atoms with Crippen LogP contribution in [0.3, 0.4) is 0 Å². The number of hydrogen-bond donors (Lipinski definition) is 1. The smallest absolute Gasteiger partial charge is 0.405 e. The lowest BCUT2D eigenvalue weighted by atomic mass is 10.1. The number of aromatic nitrogens is 5. The summed E-state index contributed by atoms with van der Waals surface area (Å²) in [6, 6.07) is 8.70. The summed E-state index contributed by atoms with van der Waals surface area (Å²) < 4.78 is 43.5. The highest BCUT2D eigenvalue weighted by Gasteiger charge is 2.32. The average molecular weight is 400 g/mol. The Balaban J connectivity index is 1.71. The number of benzene rings is 1. The van der Waals surface area contributed by atoms with Gasteiger partial charge in [0.2, 0.25) is 0 Å². The molecule has 0 fully saturated rings. The van der Waals surface area contributed by atoms with Gasteiger partial charge in [-0.3, -0.25) is 9.78 Å². The van der Waals surface area contributed by atoms with Crippen LogP contribution in [-0.2, 0) is 0 Å². The van der Waals surface area contributed by atoms with Gasteiger partial charge < -0.3 is 10.1 Å². The normalized spacial score (nSPS) is 11.4. The van der Waals surface area contributed by atoms with Gasteiger partial charge in [-0.25, -0.2) is 9.97 Å². The van der Waals surface area contributed by atoms with Crippen molar-refractivity contribution in [1.82, 2.24) is 24.6 Å². The maximum atomic E-state index is 12.7. The van der Waals surface area contributed by atoms with Gasteiger partial charge in [0.15, 0.2) is 11.5 Å². The van der Waals surface area contributed by atoms with Gasteiger partial charge in [-0.2, -0.15) is 9.61 Å². The predicted molar refractivity (Wildman–Crippen MR) is 95.1 cm³/mol. The average Bonchev–Trinajstić information content (AvgIpc) is 3.10. The van der Waals surface area contributed by atoms with E-state index in [1.165, 1.54) is 53.6 Å². The zero-order chi connectivity index (χ0) is 20.4. The van der Waals surface area contributed by atoms with Gasteiger partial charge >= 0.3 is 6.36 Å². The van der Waals surface area contributed by atoms with Crippen molar-refractivity contribution in [2.45, 2.75) is 6.36 Å². The van der Waals surface area contributed by atoms with E-state index in [0.29, 0.717) is 5.65 Å². The van der Waals surface area contributed by atoms with Gasteiger partial charge in [0.25, 0.3) is 5.91 Å². The molecular formula is C18H11F3N6O2. The SMILES string of the molecule is O=C(Nc1cnc2ccc(-c3ccccc3OC(F)(F)F)nn12)c1cnccn1. The standard InChI is InChI=1S/C18H11F3N6O2/c19-18(20,21)29-14-4-2-1-3-11(14)12-5-6-15-24-10-16(27(15)26-12)25-17(28)13-9-22-7-8-23-13/h1-10H,(H,25,28). The van der Waals surface area contributed by atoms with E-state index in [1.54, 1.807) is 12.1 Å². The number of carbonyl (C=O) groups is 1. The zero-order valence-corrected chi connectivity index (χ0v) is 14.5. The molecule has 3 aromatic heterocycles. The van der Waals surface area contributed by atoms with Gasteiger partial charge in [-0.1, -0.05) is 12.1 Å². The lowest BCUT2D eigenvalue weighted by molar-refractivity contribution is -0.274. The summed E-state index contributed by atoms with van der Waals surface area (Å²) in [5.74, 6) is -0.711. The predicted octanol–water partition coefficient (Wildman–Crippen LogP) is 3.34. The van der Waals surface area contributed by atoms with Crippen LogP contribution >= 0.6 is 0 Å². The highest BCUT2D eigenvalue weighted by Crippen LogP contribution is 2.32. The van der Waals surface area contributed by atoms with E-state index >= 15 is 0 Å². The third-order valence-corrected chi connectivity index (χ3v) is 3.79. The molecule has 0 radical (unpaired) electrons. The van der Waals surface area contributed by atoms with Crippen LogP contribution in [0.5, 0.6) is 5.75 Å².